The van der Waals surface area contributed by atoms with Crippen LogP contribution in [0.1, 0.15) is 42.9 Å². The molecule has 2 aliphatic heterocycles. The Kier molecular flexibility index (Phi) is 8.09. The number of anilines is 3. The summed E-state index contributed by atoms with van der Waals surface area (Å²) in [5.74, 6) is 0.448. The number of H-pyrrole nitrogens is 1. The molecule has 11 heteroatoms. The molecule has 1 aromatic heterocycles. The SMILES string of the molecule is CC(=O)NCCc1ccc(/C(Nc2ccc(-c3c[nH]c(N4CCCCC4)n3)cc2)=C2/C(=O)Nc3ccc([N+](=O)[O-])cc32)cc1. The Morgan fingerprint density at radius 2 is 1.77 bits per heavy atom. The molecule has 1 saturated heterocycles. The van der Waals surface area contributed by atoms with Crippen molar-refractivity contribution in [3.05, 3.63) is 99.7 Å². The number of nitro benzene ring substituents is 1. The fraction of sp³-hybridized carbons (Fsp3) is 0.242. The van der Waals surface area contributed by atoms with E-state index in [1.54, 1.807) is 6.07 Å². The molecule has 1 fully saturated rings. The Bertz CT molecular complexity index is 1740. The lowest BCUT2D eigenvalue weighted by Crippen LogP contribution is -2.30. The van der Waals surface area contributed by atoms with Gasteiger partial charge in [-0.3, -0.25) is 19.7 Å². The second kappa shape index (κ2) is 12.4. The molecule has 224 valence electrons. The smallest absolute Gasteiger partial charge is 0.270 e. The van der Waals surface area contributed by atoms with Gasteiger partial charge in [0.2, 0.25) is 11.9 Å². The van der Waals surface area contributed by atoms with E-state index >= 15 is 0 Å². The minimum absolute atomic E-state index is 0.0846. The van der Waals surface area contributed by atoms with E-state index in [2.05, 4.69) is 25.8 Å². The number of carbonyl (C=O) groups excluding carboxylic acids is 2. The van der Waals surface area contributed by atoms with Crippen molar-refractivity contribution in [2.24, 2.45) is 0 Å². The van der Waals surface area contributed by atoms with Crippen LogP contribution in [0.5, 0.6) is 0 Å². The summed E-state index contributed by atoms with van der Waals surface area (Å²) in [7, 11) is 0. The number of nitro groups is 1. The number of imidazole rings is 1. The molecule has 0 aliphatic carbocycles. The predicted molar refractivity (Wildman–Crippen MR) is 171 cm³/mol. The normalized spacial score (nSPS) is 15.4. The van der Waals surface area contributed by atoms with E-state index < -0.39 is 4.92 Å². The van der Waals surface area contributed by atoms with Gasteiger partial charge in [0.25, 0.3) is 11.6 Å². The molecule has 0 atom stereocenters. The number of piperidine rings is 1. The van der Waals surface area contributed by atoms with Gasteiger partial charge in [-0.1, -0.05) is 36.4 Å². The average molecular weight is 592 g/mol. The summed E-state index contributed by atoms with van der Waals surface area (Å²) in [6, 6.07) is 19.8. The monoisotopic (exact) mass is 591 g/mol. The molecule has 0 radical (unpaired) electrons. The van der Waals surface area contributed by atoms with Gasteiger partial charge in [0.15, 0.2) is 0 Å². The van der Waals surface area contributed by atoms with E-state index in [4.69, 9.17) is 4.98 Å². The van der Waals surface area contributed by atoms with Gasteiger partial charge in [-0.2, -0.15) is 0 Å². The van der Waals surface area contributed by atoms with Crippen molar-refractivity contribution in [3.8, 4) is 11.3 Å². The van der Waals surface area contributed by atoms with E-state index in [0.717, 1.165) is 47.1 Å². The quantitative estimate of drug-likeness (QED) is 0.113. The number of rotatable bonds is 9. The van der Waals surface area contributed by atoms with Crippen molar-refractivity contribution in [1.82, 2.24) is 15.3 Å². The van der Waals surface area contributed by atoms with Crippen LogP contribution in [0.25, 0.3) is 22.5 Å². The number of hydrogen-bond acceptors (Lipinski definition) is 7. The maximum Gasteiger partial charge on any atom is 0.270 e. The van der Waals surface area contributed by atoms with Crippen LogP contribution < -0.4 is 20.9 Å². The summed E-state index contributed by atoms with van der Waals surface area (Å²) in [6.45, 7) is 4.01. The fourth-order valence-electron chi connectivity index (χ4n) is 5.61. The zero-order valence-electron chi connectivity index (χ0n) is 24.4. The Morgan fingerprint density at radius 1 is 1.02 bits per heavy atom. The molecule has 4 aromatic rings. The number of non-ortho nitro benzene ring substituents is 1. The lowest BCUT2D eigenvalue weighted by molar-refractivity contribution is -0.384. The lowest BCUT2D eigenvalue weighted by Gasteiger charge is -2.25. The van der Waals surface area contributed by atoms with Gasteiger partial charge in [-0.25, -0.2) is 4.98 Å². The second-order valence-corrected chi connectivity index (χ2v) is 11.0. The van der Waals surface area contributed by atoms with Gasteiger partial charge in [0, 0.05) is 67.4 Å². The number of nitrogens with one attached hydrogen (secondary N) is 4. The van der Waals surface area contributed by atoms with Crippen LogP contribution in [0.15, 0.2) is 72.9 Å². The molecule has 0 saturated carbocycles. The zero-order valence-corrected chi connectivity index (χ0v) is 24.4. The molecule has 6 rings (SSSR count). The van der Waals surface area contributed by atoms with E-state index in [-0.39, 0.29) is 17.5 Å². The van der Waals surface area contributed by atoms with Crippen molar-refractivity contribution in [2.45, 2.75) is 32.6 Å². The second-order valence-electron chi connectivity index (χ2n) is 11.0. The standard InChI is InChI=1S/C33H33N7O4/c1-21(41)34-16-15-22-5-7-24(8-6-22)31(30-27-19-26(40(43)44)13-14-28(27)37-32(30)42)36-25-11-9-23(10-12-25)29-20-35-33(38-29)39-17-3-2-4-18-39/h5-14,19-20,36H,2-4,15-18H2,1H3,(H,34,41)(H,35,38)(H,37,42)/b31-30-. The van der Waals surface area contributed by atoms with Crippen LogP contribution in [-0.4, -0.2) is 46.3 Å². The van der Waals surface area contributed by atoms with E-state index in [9.17, 15) is 19.7 Å². The zero-order chi connectivity index (χ0) is 30.6. The van der Waals surface area contributed by atoms with Crippen LogP contribution >= 0.6 is 0 Å². The average Bonchev–Trinajstić information content (AvgIpc) is 3.65. The number of fused-ring (bicyclic) bond motifs is 1. The van der Waals surface area contributed by atoms with Gasteiger partial charge in [-0.05, 0) is 55.0 Å². The molecule has 0 bridgehead atoms. The minimum Gasteiger partial charge on any atom is -0.356 e. The summed E-state index contributed by atoms with van der Waals surface area (Å²) < 4.78 is 0. The largest absolute Gasteiger partial charge is 0.356 e. The highest BCUT2D eigenvalue weighted by molar-refractivity contribution is 6.37. The van der Waals surface area contributed by atoms with Gasteiger partial charge in [0.05, 0.1) is 21.9 Å². The molecule has 2 aliphatic rings. The number of carbonyl (C=O) groups is 2. The third-order valence-corrected chi connectivity index (χ3v) is 7.91. The van der Waals surface area contributed by atoms with Crippen LogP contribution in [0.4, 0.5) is 23.0 Å². The summed E-state index contributed by atoms with van der Waals surface area (Å²) in [5.41, 5.74) is 6.01. The number of aromatic amines is 1. The summed E-state index contributed by atoms with van der Waals surface area (Å²) in [4.78, 5) is 46.1. The van der Waals surface area contributed by atoms with Gasteiger partial charge in [-0.15, -0.1) is 0 Å². The lowest BCUT2D eigenvalue weighted by atomic mass is 9.98. The Balaban J connectivity index is 1.32. The van der Waals surface area contributed by atoms with E-state index in [0.29, 0.717) is 35.5 Å². The number of aromatic nitrogens is 2. The Hall–Kier alpha value is -5.45. The van der Waals surface area contributed by atoms with Crippen LogP contribution in [-0.2, 0) is 16.0 Å². The van der Waals surface area contributed by atoms with Crippen LogP contribution in [0, 0.1) is 10.1 Å². The fourth-order valence-corrected chi connectivity index (χ4v) is 5.61. The molecule has 44 heavy (non-hydrogen) atoms. The highest BCUT2D eigenvalue weighted by Crippen LogP contribution is 2.39. The highest BCUT2D eigenvalue weighted by Gasteiger charge is 2.30. The first-order chi connectivity index (χ1) is 21.4. The molecule has 3 aromatic carbocycles. The van der Waals surface area contributed by atoms with E-state index in [1.165, 1.54) is 38.3 Å². The molecule has 0 unspecified atom stereocenters. The number of amides is 2. The first-order valence-corrected chi connectivity index (χ1v) is 14.7. The molecule has 4 N–H and O–H groups in total. The predicted octanol–water partition coefficient (Wildman–Crippen LogP) is 5.59. The van der Waals surface area contributed by atoms with E-state index in [1.807, 2.05) is 54.7 Å². The van der Waals surface area contributed by atoms with Gasteiger partial charge < -0.3 is 25.8 Å². The summed E-state index contributed by atoms with van der Waals surface area (Å²) >= 11 is 0. The van der Waals surface area contributed by atoms with Crippen molar-refractivity contribution in [2.75, 3.05) is 35.2 Å². The first-order valence-electron chi connectivity index (χ1n) is 14.7. The molecule has 0 spiro atoms. The number of benzene rings is 3. The molecule has 11 nitrogen and oxygen atoms in total. The maximum absolute atomic E-state index is 13.3. The topological polar surface area (TPSA) is 145 Å². The van der Waals surface area contributed by atoms with Crippen LogP contribution in [0.2, 0.25) is 0 Å². The Labute approximate surface area is 254 Å². The van der Waals surface area contributed by atoms with Crippen molar-refractivity contribution in [3.63, 3.8) is 0 Å². The Morgan fingerprint density at radius 3 is 2.48 bits per heavy atom. The van der Waals surface area contributed by atoms with Crippen molar-refractivity contribution in [1.29, 1.82) is 0 Å². The molecule has 2 amide bonds. The minimum atomic E-state index is -0.470. The molecular formula is C33H33N7O4. The van der Waals surface area contributed by atoms with Crippen molar-refractivity contribution < 1.29 is 14.5 Å². The maximum atomic E-state index is 13.3. The summed E-state index contributed by atoms with van der Waals surface area (Å²) in [5, 5.41) is 20.6. The van der Waals surface area contributed by atoms with Gasteiger partial charge >= 0.3 is 0 Å². The number of hydrogen-bond donors (Lipinski definition) is 4. The highest BCUT2D eigenvalue weighted by atomic mass is 16.6. The first kappa shape index (κ1) is 28.7. The van der Waals surface area contributed by atoms with Crippen molar-refractivity contribution >= 4 is 46.1 Å². The molecule has 3 heterocycles. The number of nitrogens with zero attached hydrogens (tertiary/aromatic N) is 3. The van der Waals surface area contributed by atoms with Crippen LogP contribution in [0.3, 0.4) is 0 Å². The third-order valence-electron chi connectivity index (χ3n) is 7.91. The van der Waals surface area contributed by atoms with Gasteiger partial charge in [0.1, 0.15) is 0 Å². The third kappa shape index (κ3) is 6.17. The molecular weight excluding hydrogens is 558 g/mol. The summed E-state index contributed by atoms with van der Waals surface area (Å²) in [6.07, 6.45) is 6.17.